The lowest BCUT2D eigenvalue weighted by Gasteiger charge is -2.36. The summed E-state index contributed by atoms with van der Waals surface area (Å²) in [6.07, 6.45) is 0. The Bertz CT molecular complexity index is 1490. The zero-order chi connectivity index (χ0) is 26.3. The van der Waals surface area contributed by atoms with Gasteiger partial charge >= 0.3 is 0 Å². The molecule has 0 saturated carbocycles. The third-order valence-corrected chi connectivity index (χ3v) is 6.98. The SMILES string of the molecule is c1ccc(-c2ccccc2N(CN(c2ccccc2)c2ccccc2-c2ccccc2)c2ccccc2)cc1. The summed E-state index contributed by atoms with van der Waals surface area (Å²) in [5.41, 5.74) is 9.40. The first kappa shape index (κ1) is 24.3. The quantitative estimate of drug-likeness (QED) is 0.191. The van der Waals surface area contributed by atoms with E-state index in [1.165, 1.54) is 22.3 Å². The zero-order valence-corrected chi connectivity index (χ0v) is 21.8. The highest BCUT2D eigenvalue weighted by Crippen LogP contribution is 2.39. The molecule has 0 atom stereocenters. The average Bonchev–Trinajstić information content (AvgIpc) is 3.03. The molecule has 188 valence electrons. The third kappa shape index (κ3) is 5.32. The van der Waals surface area contributed by atoms with Gasteiger partial charge in [-0.2, -0.15) is 0 Å². The molecular weight excluding hydrogens is 472 g/mol. The maximum absolute atomic E-state index is 2.41. The fraction of sp³-hybridized carbons (Fsp3) is 0.0270. The van der Waals surface area contributed by atoms with E-state index in [9.17, 15) is 0 Å². The van der Waals surface area contributed by atoms with Crippen molar-refractivity contribution in [2.45, 2.75) is 0 Å². The van der Waals surface area contributed by atoms with Crippen molar-refractivity contribution in [3.05, 3.63) is 170 Å². The number of hydrogen-bond donors (Lipinski definition) is 0. The van der Waals surface area contributed by atoms with Crippen LogP contribution in [-0.4, -0.2) is 6.67 Å². The van der Waals surface area contributed by atoms with E-state index in [0.29, 0.717) is 6.67 Å². The number of hydrogen-bond acceptors (Lipinski definition) is 2. The van der Waals surface area contributed by atoms with Gasteiger partial charge in [-0.3, -0.25) is 0 Å². The van der Waals surface area contributed by atoms with Gasteiger partial charge in [0, 0.05) is 22.5 Å². The molecule has 0 amide bonds. The second-order valence-corrected chi connectivity index (χ2v) is 9.43. The lowest BCUT2D eigenvalue weighted by atomic mass is 10.0. The van der Waals surface area contributed by atoms with E-state index < -0.39 is 0 Å². The molecule has 0 fully saturated rings. The van der Waals surface area contributed by atoms with Gasteiger partial charge in [-0.15, -0.1) is 0 Å². The maximum Gasteiger partial charge on any atom is 0.1000 e. The molecule has 0 radical (unpaired) electrons. The first-order valence-electron chi connectivity index (χ1n) is 13.3. The van der Waals surface area contributed by atoms with Crippen LogP contribution in [0.4, 0.5) is 22.7 Å². The first-order chi connectivity index (χ1) is 19.4. The maximum atomic E-state index is 2.41. The fourth-order valence-electron chi connectivity index (χ4n) is 5.09. The van der Waals surface area contributed by atoms with E-state index in [1.54, 1.807) is 0 Å². The van der Waals surface area contributed by atoms with Gasteiger partial charge in [0.25, 0.3) is 0 Å². The van der Waals surface area contributed by atoms with Crippen LogP contribution in [-0.2, 0) is 0 Å². The second-order valence-electron chi connectivity index (χ2n) is 9.43. The predicted octanol–water partition coefficient (Wildman–Crippen LogP) is 9.95. The van der Waals surface area contributed by atoms with E-state index in [2.05, 4.69) is 180 Å². The molecule has 6 aromatic carbocycles. The molecule has 0 spiro atoms. The Morgan fingerprint density at radius 2 is 0.615 bits per heavy atom. The van der Waals surface area contributed by atoms with Crippen LogP contribution in [0.15, 0.2) is 170 Å². The standard InChI is InChI=1S/C37H30N2/c1-5-17-30(18-6-1)34-25-13-15-27-36(34)38(32-21-9-3-10-22-32)29-39(33-23-11-4-12-24-33)37-28-16-14-26-35(37)31-19-7-2-8-20-31/h1-28H,29H2. The minimum Gasteiger partial charge on any atom is -0.322 e. The highest BCUT2D eigenvalue weighted by Gasteiger charge is 2.21. The summed E-state index contributed by atoms with van der Waals surface area (Å²) >= 11 is 0. The van der Waals surface area contributed by atoms with E-state index in [0.717, 1.165) is 22.7 Å². The first-order valence-corrected chi connectivity index (χ1v) is 13.3. The Labute approximate surface area is 231 Å². The molecule has 6 aromatic rings. The van der Waals surface area contributed by atoms with Crippen molar-refractivity contribution in [2.75, 3.05) is 16.5 Å². The lowest BCUT2D eigenvalue weighted by Crippen LogP contribution is -2.33. The van der Waals surface area contributed by atoms with E-state index in [1.807, 2.05) is 0 Å². The van der Waals surface area contributed by atoms with Crippen molar-refractivity contribution < 1.29 is 0 Å². The fourth-order valence-corrected chi connectivity index (χ4v) is 5.09. The Morgan fingerprint density at radius 3 is 1.00 bits per heavy atom. The summed E-state index contributed by atoms with van der Waals surface area (Å²) in [5.74, 6) is 0. The molecule has 0 heterocycles. The number of nitrogens with zero attached hydrogens (tertiary/aromatic N) is 2. The minimum atomic E-state index is 0.627. The van der Waals surface area contributed by atoms with Crippen LogP contribution in [0.3, 0.4) is 0 Å². The molecule has 0 bridgehead atoms. The van der Waals surface area contributed by atoms with Crippen molar-refractivity contribution in [1.29, 1.82) is 0 Å². The summed E-state index contributed by atoms with van der Waals surface area (Å²) in [6, 6.07) is 60.0. The van der Waals surface area contributed by atoms with Gasteiger partial charge in [-0.25, -0.2) is 0 Å². The third-order valence-electron chi connectivity index (χ3n) is 6.98. The van der Waals surface area contributed by atoms with Gasteiger partial charge in [0.05, 0.1) is 18.0 Å². The molecule has 0 aliphatic heterocycles. The van der Waals surface area contributed by atoms with Crippen LogP contribution in [0.5, 0.6) is 0 Å². The summed E-state index contributed by atoms with van der Waals surface area (Å²) < 4.78 is 0. The van der Waals surface area contributed by atoms with Crippen LogP contribution in [0.25, 0.3) is 22.3 Å². The van der Waals surface area contributed by atoms with Crippen LogP contribution >= 0.6 is 0 Å². The number of benzene rings is 6. The molecule has 0 N–H and O–H groups in total. The largest absolute Gasteiger partial charge is 0.322 e. The molecular formula is C37H30N2. The Morgan fingerprint density at radius 1 is 0.308 bits per heavy atom. The van der Waals surface area contributed by atoms with Gasteiger partial charge in [0.15, 0.2) is 0 Å². The van der Waals surface area contributed by atoms with Crippen molar-refractivity contribution >= 4 is 22.7 Å². The minimum absolute atomic E-state index is 0.627. The molecule has 39 heavy (non-hydrogen) atoms. The van der Waals surface area contributed by atoms with Gasteiger partial charge in [-0.05, 0) is 47.5 Å². The molecule has 0 saturated heterocycles. The monoisotopic (exact) mass is 502 g/mol. The Balaban J connectivity index is 1.53. The molecule has 0 aromatic heterocycles. The van der Waals surface area contributed by atoms with Crippen molar-refractivity contribution in [3.63, 3.8) is 0 Å². The van der Waals surface area contributed by atoms with E-state index in [-0.39, 0.29) is 0 Å². The molecule has 6 rings (SSSR count). The summed E-state index contributed by atoms with van der Waals surface area (Å²) in [4.78, 5) is 4.83. The molecule has 2 heteroatoms. The number of rotatable bonds is 8. The topological polar surface area (TPSA) is 6.48 Å². The summed E-state index contributed by atoms with van der Waals surface area (Å²) in [6.45, 7) is 0.627. The number of anilines is 4. The summed E-state index contributed by atoms with van der Waals surface area (Å²) in [7, 11) is 0. The normalized spacial score (nSPS) is 10.7. The molecule has 0 aliphatic carbocycles. The molecule has 0 aliphatic rings. The van der Waals surface area contributed by atoms with Crippen LogP contribution in [0.1, 0.15) is 0 Å². The summed E-state index contributed by atoms with van der Waals surface area (Å²) in [5, 5.41) is 0. The van der Waals surface area contributed by atoms with Gasteiger partial charge < -0.3 is 9.80 Å². The van der Waals surface area contributed by atoms with Crippen LogP contribution in [0, 0.1) is 0 Å². The Hall–Kier alpha value is -5.08. The van der Waals surface area contributed by atoms with Gasteiger partial charge in [0.2, 0.25) is 0 Å². The van der Waals surface area contributed by atoms with Crippen molar-refractivity contribution in [2.24, 2.45) is 0 Å². The smallest absolute Gasteiger partial charge is 0.1000 e. The van der Waals surface area contributed by atoms with E-state index >= 15 is 0 Å². The molecule has 2 nitrogen and oxygen atoms in total. The lowest BCUT2D eigenvalue weighted by molar-refractivity contribution is 0.927. The predicted molar refractivity (Wildman–Crippen MR) is 166 cm³/mol. The molecule has 0 unspecified atom stereocenters. The second kappa shape index (κ2) is 11.5. The van der Waals surface area contributed by atoms with Crippen molar-refractivity contribution in [3.8, 4) is 22.3 Å². The van der Waals surface area contributed by atoms with Crippen LogP contribution in [0.2, 0.25) is 0 Å². The van der Waals surface area contributed by atoms with Gasteiger partial charge in [0.1, 0.15) is 0 Å². The zero-order valence-electron chi connectivity index (χ0n) is 21.8. The highest BCUT2D eigenvalue weighted by molar-refractivity contribution is 5.86. The Kier molecular flexibility index (Phi) is 7.18. The van der Waals surface area contributed by atoms with Crippen LogP contribution < -0.4 is 9.80 Å². The van der Waals surface area contributed by atoms with Crippen molar-refractivity contribution in [1.82, 2.24) is 0 Å². The number of para-hydroxylation sites is 4. The van der Waals surface area contributed by atoms with E-state index in [4.69, 9.17) is 0 Å². The van der Waals surface area contributed by atoms with Gasteiger partial charge in [-0.1, -0.05) is 133 Å². The highest BCUT2D eigenvalue weighted by atomic mass is 15.3. The average molecular weight is 503 g/mol.